The normalized spacial score (nSPS) is 14.7. The zero-order chi connectivity index (χ0) is 34.5. The Balaban J connectivity index is 0.000000428. The molecule has 1 aliphatic rings. The molecule has 1 aliphatic carbocycles. The second kappa shape index (κ2) is 23.0. The third-order valence-corrected chi connectivity index (χ3v) is 9.61. The summed E-state index contributed by atoms with van der Waals surface area (Å²) in [7, 11) is -4.18. The smallest absolute Gasteiger partial charge is 0.409 e. The summed E-state index contributed by atoms with van der Waals surface area (Å²) in [6, 6.07) is 36.5. The van der Waals surface area contributed by atoms with Gasteiger partial charge in [0, 0.05) is 23.0 Å². The summed E-state index contributed by atoms with van der Waals surface area (Å²) in [6.45, 7) is 6.39. The molecule has 0 bridgehead atoms. The number of methoxy groups -OCH3 is 1. The van der Waals surface area contributed by atoms with E-state index in [1.54, 1.807) is 30.4 Å². The van der Waals surface area contributed by atoms with Crippen molar-refractivity contribution in [2.75, 3.05) is 7.11 Å². The second-order valence-corrected chi connectivity index (χ2v) is 12.5. The number of nitrogens with zero attached hydrogens (tertiary/aromatic N) is 1. The average Bonchev–Trinajstić information content (AvgIpc) is 3.13. The summed E-state index contributed by atoms with van der Waals surface area (Å²) in [4.78, 5) is 12.3. The molecule has 0 amide bonds. The molecular weight excluding hydrogens is 696 g/mol. The summed E-state index contributed by atoms with van der Waals surface area (Å²) in [5, 5.41) is -1.24. The SMILES string of the molecule is COC(=O)C([C@H]1C=CC=C[C@H]1C)S(=O)(=O)c1ccccc1.N#[O+].[C-]#[O+].[Mn].c1ccc(OP(Oc2ccccc2)Oc2ccccc2)cc1. The molecule has 4 aromatic rings. The summed E-state index contributed by atoms with van der Waals surface area (Å²) in [5.41, 5.74) is 5.75. The van der Waals surface area contributed by atoms with Crippen LogP contribution >= 0.6 is 8.60 Å². The molecule has 0 fully saturated rings. The van der Waals surface area contributed by atoms with Crippen LogP contribution in [0.1, 0.15) is 6.92 Å². The molecule has 0 saturated heterocycles. The molecule has 4 aromatic carbocycles. The maximum Gasteiger partial charge on any atom is 0.530 e. The van der Waals surface area contributed by atoms with E-state index in [1.807, 2.05) is 110 Å². The van der Waals surface area contributed by atoms with E-state index in [2.05, 4.69) is 6.65 Å². The van der Waals surface area contributed by atoms with Crippen LogP contribution in [0.4, 0.5) is 0 Å². The minimum absolute atomic E-state index is 0. The summed E-state index contributed by atoms with van der Waals surface area (Å²) < 4.78 is 62.7. The Bertz CT molecular complexity index is 1590. The summed E-state index contributed by atoms with van der Waals surface area (Å²) in [6.07, 6.45) is 7.26. The van der Waals surface area contributed by atoms with Crippen molar-refractivity contribution >= 4 is 24.4 Å². The maximum atomic E-state index is 12.8. The molecule has 48 heavy (non-hydrogen) atoms. The number of benzene rings is 4. The van der Waals surface area contributed by atoms with Gasteiger partial charge in [0.15, 0.2) is 15.1 Å². The van der Waals surface area contributed by atoms with Crippen LogP contribution in [0.25, 0.3) is 0 Å². The average molecular weight is 730 g/mol. The van der Waals surface area contributed by atoms with Gasteiger partial charge in [0.2, 0.25) is 0 Å². The topological polar surface area (TPSA) is 152 Å². The number of allylic oxidation sites excluding steroid dienone is 4. The first-order valence-electron chi connectivity index (χ1n) is 14.0. The fraction of sp³-hybridized carbons (Fsp3) is 0.143. The van der Waals surface area contributed by atoms with Gasteiger partial charge in [-0.3, -0.25) is 4.79 Å². The first kappa shape index (κ1) is 41.6. The van der Waals surface area contributed by atoms with Crippen LogP contribution in [0, 0.1) is 23.9 Å². The van der Waals surface area contributed by atoms with Crippen molar-refractivity contribution in [3.63, 3.8) is 0 Å². The molecular formula is C35H33MnNO9PS+. The van der Waals surface area contributed by atoms with E-state index < -0.39 is 35.6 Å². The molecule has 5 rings (SSSR count). The number of para-hydroxylation sites is 3. The van der Waals surface area contributed by atoms with Crippen LogP contribution in [0.5, 0.6) is 17.2 Å². The zero-order valence-corrected chi connectivity index (χ0v) is 28.8. The summed E-state index contributed by atoms with van der Waals surface area (Å²) >= 11 is 0. The first-order valence-corrected chi connectivity index (χ1v) is 16.6. The number of rotatable bonds is 10. The Kier molecular flexibility index (Phi) is 19.9. The predicted molar refractivity (Wildman–Crippen MR) is 175 cm³/mol. The van der Waals surface area contributed by atoms with Gasteiger partial charge in [-0.15, -0.1) is 0 Å². The van der Waals surface area contributed by atoms with E-state index in [1.165, 1.54) is 19.2 Å². The number of hydrogen-bond acceptors (Lipinski definition) is 8. The Labute approximate surface area is 292 Å². The minimum atomic E-state index is -3.80. The third-order valence-electron chi connectivity index (χ3n) is 6.42. The molecule has 0 aromatic heterocycles. The van der Waals surface area contributed by atoms with E-state index in [4.69, 9.17) is 33.2 Å². The van der Waals surface area contributed by atoms with Crippen LogP contribution in [0.15, 0.2) is 151 Å². The first-order chi connectivity index (χ1) is 22.9. The largest absolute Gasteiger partial charge is 0.530 e. The van der Waals surface area contributed by atoms with Gasteiger partial charge in [-0.2, -0.15) is 0 Å². The molecule has 0 heterocycles. The number of carbonyl (C=O) groups excluding carboxylic acids is 1. The number of hydrogen-bond donors (Lipinski definition) is 0. The minimum Gasteiger partial charge on any atom is -0.409 e. The Hall–Kier alpha value is -4.46. The summed E-state index contributed by atoms with van der Waals surface area (Å²) in [5.74, 6) is 0.905. The van der Waals surface area contributed by atoms with Crippen LogP contribution in [0.3, 0.4) is 0 Å². The van der Waals surface area contributed by atoms with Crippen LogP contribution in [-0.2, 0) is 45.9 Å². The van der Waals surface area contributed by atoms with E-state index in [0.717, 1.165) is 0 Å². The molecule has 0 N–H and O–H groups in total. The molecule has 10 nitrogen and oxygen atoms in total. The van der Waals surface area contributed by atoms with Gasteiger partial charge < -0.3 is 18.3 Å². The molecule has 1 unspecified atom stereocenters. The van der Waals surface area contributed by atoms with Crippen molar-refractivity contribution in [2.45, 2.75) is 17.1 Å². The number of sulfone groups is 1. The van der Waals surface area contributed by atoms with Gasteiger partial charge in [0.05, 0.1) is 12.0 Å². The number of carbonyl (C=O) groups is 1. The fourth-order valence-electron chi connectivity index (χ4n) is 4.23. The van der Waals surface area contributed by atoms with Gasteiger partial charge in [0.25, 0.3) is 0 Å². The molecule has 1 radical (unpaired) electrons. The van der Waals surface area contributed by atoms with Crippen LogP contribution in [0.2, 0.25) is 0 Å². The van der Waals surface area contributed by atoms with E-state index in [-0.39, 0.29) is 27.9 Å². The zero-order valence-electron chi connectivity index (χ0n) is 25.9. The van der Waals surface area contributed by atoms with Crippen molar-refractivity contribution in [3.8, 4) is 17.2 Å². The fourth-order valence-corrected chi connectivity index (χ4v) is 7.16. The molecule has 0 saturated carbocycles. The quantitative estimate of drug-likeness (QED) is 0.0530. The van der Waals surface area contributed by atoms with Crippen molar-refractivity contribution in [3.05, 3.63) is 152 Å². The van der Waals surface area contributed by atoms with Gasteiger partial charge in [0.1, 0.15) is 17.2 Å². The van der Waals surface area contributed by atoms with E-state index in [9.17, 15) is 13.2 Å². The van der Waals surface area contributed by atoms with E-state index >= 15 is 0 Å². The van der Waals surface area contributed by atoms with Crippen LogP contribution in [-0.4, -0.2) is 26.7 Å². The van der Waals surface area contributed by atoms with Gasteiger partial charge in [-0.05, 0) is 54.4 Å². The molecule has 3 atom stereocenters. The van der Waals surface area contributed by atoms with Gasteiger partial charge in [-0.1, -0.05) is 104 Å². The number of esters is 1. The van der Waals surface area contributed by atoms with Crippen molar-refractivity contribution in [2.24, 2.45) is 11.8 Å². The van der Waals surface area contributed by atoms with Crippen LogP contribution < -0.4 is 13.6 Å². The van der Waals surface area contributed by atoms with Gasteiger partial charge >= 0.3 is 36.1 Å². The Morgan fingerprint density at radius 2 is 1.06 bits per heavy atom. The van der Waals surface area contributed by atoms with E-state index in [0.29, 0.717) is 17.2 Å². The van der Waals surface area contributed by atoms with Crippen molar-refractivity contribution < 1.29 is 58.0 Å². The number of ether oxygens (including phenoxy) is 1. The predicted octanol–water partition coefficient (Wildman–Crippen LogP) is 7.69. The molecule has 0 spiro atoms. The van der Waals surface area contributed by atoms with Gasteiger partial charge in [-0.25, -0.2) is 8.42 Å². The Morgan fingerprint density at radius 3 is 1.42 bits per heavy atom. The monoisotopic (exact) mass is 729 g/mol. The maximum absolute atomic E-state index is 12.8. The standard InChI is InChI=1S/C18H15O3P.C16H18O4S.CO.Mn.NO/c1-4-10-16(11-5-1)19-22(20-17-12-6-2-7-13-17)21-18-14-8-3-9-15-18;1-12-8-6-7-11-14(12)15(16(17)20-2)21(18,19)13-9-4-3-5-10-13;1-2;;1-2/h1-15H;3-12,14-15H,1-2H3;;;/q;;;;+1/t;12-,14+,15?;;;/m.1.../s1. The molecule has 13 heteroatoms. The second-order valence-electron chi connectivity index (χ2n) is 9.44. The van der Waals surface area contributed by atoms with Crippen molar-refractivity contribution in [1.29, 1.82) is 5.46 Å². The molecule has 249 valence electrons. The van der Waals surface area contributed by atoms with Crippen molar-refractivity contribution in [1.82, 2.24) is 0 Å². The third kappa shape index (κ3) is 13.0. The molecule has 0 aliphatic heterocycles. The Morgan fingerprint density at radius 1 is 0.708 bits per heavy atom.